The van der Waals surface area contributed by atoms with E-state index in [0.29, 0.717) is 24.3 Å². The van der Waals surface area contributed by atoms with E-state index >= 15 is 0 Å². The smallest absolute Gasteiger partial charge is 0.190 e. The van der Waals surface area contributed by atoms with Crippen LogP contribution in [0.1, 0.15) is 58.1 Å². The van der Waals surface area contributed by atoms with E-state index in [-0.39, 0.29) is 47.2 Å². The van der Waals surface area contributed by atoms with E-state index in [0.717, 1.165) is 11.1 Å². The van der Waals surface area contributed by atoms with Gasteiger partial charge in [0.15, 0.2) is 11.5 Å². The van der Waals surface area contributed by atoms with Crippen LogP contribution in [-0.2, 0) is 17.8 Å². The summed E-state index contributed by atoms with van der Waals surface area (Å²) >= 11 is 0. The number of hydrogen-bond acceptors (Lipinski definition) is 6. The van der Waals surface area contributed by atoms with Gasteiger partial charge in [-0.2, -0.15) is 10.5 Å². The highest BCUT2D eigenvalue weighted by Gasteiger charge is 2.30. The molecule has 0 fully saturated rings. The normalized spacial score (nSPS) is 14.3. The topological polar surface area (TPSA) is 118 Å². The molecule has 0 amide bonds. The molecule has 9 heteroatoms. The Morgan fingerprint density at radius 2 is 1.12 bits per heavy atom. The standard InChI is InChI=1S/C31H41N3O6/c1-30(2,33(37)39-28-11-7-5-8-12-28)20-19-27(35)23-25-15-17-26(18-16-25)24-32(36)22-21-31(3,4)34(38)40-29-13-9-6-10-14-29/h5-18,32-34H,19-24H2,1-4H3. The lowest BCUT2D eigenvalue weighted by atomic mass is 9.95. The second kappa shape index (κ2) is 14.4. The van der Waals surface area contributed by atoms with Gasteiger partial charge in [-0.3, -0.25) is 4.79 Å². The molecule has 3 unspecified atom stereocenters. The Kier molecular flexibility index (Phi) is 11.2. The van der Waals surface area contributed by atoms with Crippen LogP contribution in [0.15, 0.2) is 84.9 Å². The van der Waals surface area contributed by atoms with Crippen LogP contribution in [0.3, 0.4) is 0 Å². The van der Waals surface area contributed by atoms with Gasteiger partial charge in [-0.25, -0.2) is 0 Å². The van der Waals surface area contributed by atoms with Gasteiger partial charge in [0.25, 0.3) is 0 Å². The van der Waals surface area contributed by atoms with Crippen molar-refractivity contribution < 1.29 is 30.0 Å². The zero-order valence-corrected chi connectivity index (χ0v) is 23.8. The van der Waals surface area contributed by atoms with Crippen LogP contribution in [0.2, 0.25) is 0 Å². The number of carbonyl (C=O) groups is 1. The Labute approximate surface area is 236 Å². The van der Waals surface area contributed by atoms with Gasteiger partial charge in [0.1, 0.15) is 23.4 Å². The van der Waals surface area contributed by atoms with Crippen molar-refractivity contribution in [2.45, 2.75) is 71.0 Å². The number of benzene rings is 3. The second-order valence-corrected chi connectivity index (χ2v) is 11.4. The molecule has 0 saturated heterocycles. The first kappa shape index (κ1) is 31.2. The van der Waals surface area contributed by atoms with Gasteiger partial charge in [0, 0.05) is 24.8 Å². The second-order valence-electron chi connectivity index (χ2n) is 11.4. The van der Waals surface area contributed by atoms with Crippen LogP contribution in [-0.4, -0.2) is 23.4 Å². The van der Waals surface area contributed by atoms with Crippen molar-refractivity contribution in [3.05, 3.63) is 112 Å². The number of rotatable bonds is 16. The minimum absolute atomic E-state index is 0.0361. The maximum Gasteiger partial charge on any atom is 0.190 e. The number of para-hydroxylation sites is 2. The van der Waals surface area contributed by atoms with E-state index < -0.39 is 11.1 Å². The van der Waals surface area contributed by atoms with Gasteiger partial charge in [-0.05, 0) is 57.5 Å². The molecule has 0 saturated carbocycles. The predicted octanol–water partition coefficient (Wildman–Crippen LogP) is 2.16. The third kappa shape index (κ3) is 10.0. The van der Waals surface area contributed by atoms with Crippen molar-refractivity contribution in [2.75, 3.05) is 6.54 Å². The molecule has 0 aliphatic carbocycles. The Bertz CT molecular complexity index is 1170. The molecule has 0 aliphatic rings. The Morgan fingerprint density at radius 1 is 0.675 bits per heavy atom. The van der Waals surface area contributed by atoms with Crippen molar-refractivity contribution in [3.63, 3.8) is 0 Å². The van der Waals surface area contributed by atoms with Crippen molar-refractivity contribution in [1.29, 1.82) is 0 Å². The molecule has 3 rings (SSSR count). The Balaban J connectivity index is 1.40. The number of ketones is 1. The maximum atomic E-state index is 12.6. The molecule has 0 radical (unpaired) electrons. The number of hydroxylamine groups is 6. The van der Waals surface area contributed by atoms with E-state index in [1.165, 1.54) is 0 Å². The first-order chi connectivity index (χ1) is 18.9. The number of nitrogens with one attached hydrogen (secondary N) is 3. The third-order valence-electron chi connectivity index (χ3n) is 6.90. The van der Waals surface area contributed by atoms with Crippen LogP contribution in [0.5, 0.6) is 11.5 Å². The SMILES string of the molecule is CC(C)(CCC(=O)Cc1ccc(C[NH+]([O-])CCC(C)(C)[NH+]([O-])Oc2ccccc2)cc1)[NH+]([O-])Oc1ccccc1. The zero-order chi connectivity index (χ0) is 29.2. The average Bonchev–Trinajstić information content (AvgIpc) is 2.93. The van der Waals surface area contributed by atoms with Gasteiger partial charge in [0.2, 0.25) is 0 Å². The Hall–Kier alpha value is -3.31. The van der Waals surface area contributed by atoms with Crippen LogP contribution in [0.25, 0.3) is 0 Å². The van der Waals surface area contributed by atoms with Gasteiger partial charge < -0.3 is 30.4 Å². The molecule has 0 spiro atoms. The summed E-state index contributed by atoms with van der Waals surface area (Å²) in [5.41, 5.74) is 0.136. The molecule has 3 aromatic carbocycles. The number of carbonyl (C=O) groups excluding carboxylic acids is 1. The summed E-state index contributed by atoms with van der Waals surface area (Å²) in [5, 5.41) is 37.0. The molecule has 0 aromatic heterocycles. The fourth-order valence-corrected chi connectivity index (χ4v) is 3.98. The van der Waals surface area contributed by atoms with Crippen molar-refractivity contribution in [2.24, 2.45) is 0 Å². The lowest BCUT2D eigenvalue weighted by Gasteiger charge is -2.36. The molecule has 3 aromatic rings. The highest BCUT2D eigenvalue weighted by atomic mass is 16.9. The quantitative estimate of drug-likeness (QED) is 0.235. The van der Waals surface area contributed by atoms with E-state index in [2.05, 4.69) is 0 Å². The lowest BCUT2D eigenvalue weighted by molar-refractivity contribution is -1.06. The molecule has 216 valence electrons. The average molecular weight is 552 g/mol. The minimum atomic E-state index is -0.789. The molecule has 40 heavy (non-hydrogen) atoms. The van der Waals surface area contributed by atoms with E-state index in [4.69, 9.17) is 9.68 Å². The Morgan fingerprint density at radius 3 is 1.62 bits per heavy atom. The summed E-state index contributed by atoms with van der Waals surface area (Å²) in [7, 11) is 0. The highest BCUT2D eigenvalue weighted by Crippen LogP contribution is 2.13. The van der Waals surface area contributed by atoms with Gasteiger partial charge in [-0.15, -0.1) is 0 Å². The van der Waals surface area contributed by atoms with Crippen LogP contribution >= 0.6 is 0 Å². The highest BCUT2D eigenvalue weighted by molar-refractivity contribution is 5.80. The third-order valence-corrected chi connectivity index (χ3v) is 6.90. The number of quaternary nitrogens is 3. The largest absolute Gasteiger partial charge is 0.634 e. The molecule has 9 nitrogen and oxygen atoms in total. The summed E-state index contributed by atoms with van der Waals surface area (Å²) in [6.07, 6.45) is 1.30. The van der Waals surface area contributed by atoms with Crippen LogP contribution in [0, 0.1) is 15.6 Å². The summed E-state index contributed by atoms with van der Waals surface area (Å²) in [5.74, 6) is 1.01. The van der Waals surface area contributed by atoms with E-state index in [9.17, 15) is 20.4 Å². The van der Waals surface area contributed by atoms with Crippen LogP contribution < -0.4 is 25.2 Å². The van der Waals surface area contributed by atoms with Gasteiger partial charge >= 0.3 is 0 Å². The first-order valence-corrected chi connectivity index (χ1v) is 13.6. The summed E-state index contributed by atoms with van der Waals surface area (Å²) in [6.45, 7) is 7.65. The fraction of sp³-hybridized carbons (Fsp3) is 0.387. The summed E-state index contributed by atoms with van der Waals surface area (Å²) in [4.78, 5) is 23.5. The molecule has 3 N–H and O–H groups in total. The monoisotopic (exact) mass is 551 g/mol. The molecule has 3 atom stereocenters. The maximum absolute atomic E-state index is 12.6. The van der Waals surface area contributed by atoms with Gasteiger partial charge in [0.05, 0.1) is 13.0 Å². The predicted molar refractivity (Wildman–Crippen MR) is 153 cm³/mol. The molecular formula is C31H41N3O6. The summed E-state index contributed by atoms with van der Waals surface area (Å²) < 4.78 is 0. The number of hydrogen-bond donors (Lipinski definition) is 3. The number of Topliss-reactive ketones (excluding diaryl/α,β-unsaturated/α-hetero) is 1. The molecular weight excluding hydrogens is 510 g/mol. The minimum Gasteiger partial charge on any atom is -0.634 e. The van der Waals surface area contributed by atoms with E-state index in [1.807, 2.05) is 36.4 Å². The molecule has 0 bridgehead atoms. The van der Waals surface area contributed by atoms with Gasteiger partial charge in [-0.1, -0.05) is 60.7 Å². The lowest BCUT2D eigenvalue weighted by Crippen LogP contribution is -3.18. The molecule has 0 aliphatic heterocycles. The summed E-state index contributed by atoms with van der Waals surface area (Å²) in [6, 6.07) is 25.2. The first-order valence-electron chi connectivity index (χ1n) is 13.6. The van der Waals surface area contributed by atoms with Crippen molar-refractivity contribution >= 4 is 5.78 Å². The van der Waals surface area contributed by atoms with Crippen molar-refractivity contribution in [3.8, 4) is 11.5 Å². The van der Waals surface area contributed by atoms with E-state index in [1.54, 1.807) is 76.2 Å². The molecule has 0 heterocycles. The van der Waals surface area contributed by atoms with Crippen LogP contribution in [0.4, 0.5) is 0 Å². The zero-order valence-electron chi connectivity index (χ0n) is 23.8. The van der Waals surface area contributed by atoms with Crippen molar-refractivity contribution in [1.82, 2.24) is 0 Å². The fourth-order valence-electron chi connectivity index (χ4n) is 3.98.